The van der Waals surface area contributed by atoms with Crippen molar-refractivity contribution in [2.45, 2.75) is 25.8 Å². The third kappa shape index (κ3) is 4.87. The average Bonchev–Trinajstić information content (AvgIpc) is 2.64. The van der Waals surface area contributed by atoms with Crippen molar-refractivity contribution in [2.75, 3.05) is 7.05 Å². The van der Waals surface area contributed by atoms with E-state index < -0.39 is 0 Å². The summed E-state index contributed by atoms with van der Waals surface area (Å²) in [6.45, 7) is 0.459. The fourth-order valence-electron chi connectivity index (χ4n) is 2.85. The number of hydrogen-bond donors (Lipinski definition) is 1. The van der Waals surface area contributed by atoms with Crippen molar-refractivity contribution >= 4 is 40.0 Å². The van der Waals surface area contributed by atoms with Gasteiger partial charge in [-0.3, -0.25) is 9.59 Å². The van der Waals surface area contributed by atoms with Crippen molar-refractivity contribution in [2.24, 2.45) is 0 Å². The largest absolute Gasteiger partial charge is 0.341 e. The average molecular weight is 404 g/mol. The number of carbonyl (C=O) groups is 1. The highest BCUT2D eigenvalue weighted by molar-refractivity contribution is 6.42. The summed E-state index contributed by atoms with van der Waals surface area (Å²) in [5.41, 5.74) is 1.43. The van der Waals surface area contributed by atoms with E-state index in [2.05, 4.69) is 9.97 Å². The second kappa shape index (κ2) is 8.55. The molecule has 0 bridgehead atoms. The van der Waals surface area contributed by atoms with Gasteiger partial charge >= 0.3 is 0 Å². The Hall–Kier alpha value is -2.37. The summed E-state index contributed by atoms with van der Waals surface area (Å²) in [6.07, 6.45) is 1.51. The molecular formula is C20H19Cl2N3O2. The second-order valence-corrected chi connectivity index (χ2v) is 7.20. The van der Waals surface area contributed by atoms with E-state index in [9.17, 15) is 9.59 Å². The van der Waals surface area contributed by atoms with E-state index in [1.807, 2.05) is 18.2 Å². The molecule has 0 saturated heterocycles. The Morgan fingerprint density at radius 3 is 2.70 bits per heavy atom. The zero-order valence-electron chi connectivity index (χ0n) is 14.8. The Morgan fingerprint density at radius 1 is 1.15 bits per heavy atom. The van der Waals surface area contributed by atoms with Crippen molar-refractivity contribution < 1.29 is 4.79 Å². The van der Waals surface area contributed by atoms with E-state index >= 15 is 0 Å². The molecule has 3 aromatic rings. The van der Waals surface area contributed by atoms with Gasteiger partial charge in [0.2, 0.25) is 5.91 Å². The van der Waals surface area contributed by atoms with Crippen molar-refractivity contribution in [3.05, 3.63) is 74.3 Å². The lowest BCUT2D eigenvalue weighted by atomic mass is 10.1. The smallest absolute Gasteiger partial charge is 0.258 e. The Kier molecular flexibility index (Phi) is 6.14. The first kappa shape index (κ1) is 19.4. The maximum absolute atomic E-state index is 12.3. The SMILES string of the molecule is CN(Cc1ccc(Cl)c(Cl)c1)C(=O)CCCc1nc2ccccc2c(=O)[nH]1. The first-order chi connectivity index (χ1) is 12.9. The Labute approximate surface area is 166 Å². The third-order valence-electron chi connectivity index (χ3n) is 4.30. The number of nitrogens with zero attached hydrogens (tertiary/aromatic N) is 2. The zero-order valence-corrected chi connectivity index (χ0v) is 16.3. The Balaban J connectivity index is 1.56. The van der Waals surface area contributed by atoms with Gasteiger partial charge in [0, 0.05) is 26.4 Å². The number of aromatic nitrogens is 2. The van der Waals surface area contributed by atoms with Crippen molar-refractivity contribution in [1.82, 2.24) is 14.9 Å². The van der Waals surface area contributed by atoms with E-state index in [4.69, 9.17) is 23.2 Å². The number of nitrogens with one attached hydrogen (secondary N) is 1. The van der Waals surface area contributed by atoms with Gasteiger partial charge in [0.05, 0.1) is 20.9 Å². The lowest BCUT2D eigenvalue weighted by molar-refractivity contribution is -0.130. The van der Waals surface area contributed by atoms with Gasteiger partial charge in [-0.1, -0.05) is 41.4 Å². The monoisotopic (exact) mass is 403 g/mol. The van der Waals surface area contributed by atoms with E-state index in [0.717, 1.165) is 5.56 Å². The lowest BCUT2D eigenvalue weighted by Crippen LogP contribution is -2.26. The summed E-state index contributed by atoms with van der Waals surface area (Å²) in [7, 11) is 1.75. The van der Waals surface area contributed by atoms with Crippen LogP contribution < -0.4 is 5.56 Å². The summed E-state index contributed by atoms with van der Waals surface area (Å²) in [6, 6.07) is 12.5. The van der Waals surface area contributed by atoms with Crippen LogP contribution in [0.15, 0.2) is 47.3 Å². The molecule has 0 aliphatic heterocycles. The van der Waals surface area contributed by atoms with Gasteiger partial charge in [-0.05, 0) is 36.2 Å². The van der Waals surface area contributed by atoms with Crippen LogP contribution in [0.4, 0.5) is 0 Å². The van der Waals surface area contributed by atoms with E-state index in [1.54, 1.807) is 36.2 Å². The van der Waals surface area contributed by atoms with Crippen molar-refractivity contribution in [3.8, 4) is 0 Å². The van der Waals surface area contributed by atoms with E-state index in [1.165, 1.54) is 0 Å². The fraction of sp³-hybridized carbons (Fsp3) is 0.250. The maximum atomic E-state index is 12.3. The van der Waals surface area contributed by atoms with Crippen LogP contribution >= 0.6 is 23.2 Å². The molecule has 0 unspecified atom stereocenters. The molecule has 0 spiro atoms. The molecule has 140 valence electrons. The van der Waals surface area contributed by atoms with Crippen molar-refractivity contribution in [1.29, 1.82) is 0 Å². The van der Waals surface area contributed by atoms with Crippen LogP contribution in [0.5, 0.6) is 0 Å². The van der Waals surface area contributed by atoms with Gasteiger partial charge in [0.25, 0.3) is 5.56 Å². The van der Waals surface area contributed by atoms with Crippen LogP contribution in [-0.4, -0.2) is 27.8 Å². The Bertz CT molecular complexity index is 1030. The molecular weight excluding hydrogens is 385 g/mol. The predicted octanol–water partition coefficient (Wildman–Crippen LogP) is 4.21. The quantitative estimate of drug-likeness (QED) is 0.669. The highest BCUT2D eigenvalue weighted by atomic mass is 35.5. The number of rotatable bonds is 6. The van der Waals surface area contributed by atoms with Gasteiger partial charge in [0.15, 0.2) is 0 Å². The molecule has 7 heteroatoms. The summed E-state index contributed by atoms with van der Waals surface area (Å²) in [5.74, 6) is 0.614. The summed E-state index contributed by atoms with van der Waals surface area (Å²) in [5, 5.41) is 1.53. The minimum Gasteiger partial charge on any atom is -0.341 e. The van der Waals surface area contributed by atoms with Crippen LogP contribution in [0.25, 0.3) is 10.9 Å². The number of H-pyrrole nitrogens is 1. The molecule has 0 radical (unpaired) electrons. The zero-order chi connectivity index (χ0) is 19.4. The van der Waals surface area contributed by atoms with Gasteiger partial charge in [-0.2, -0.15) is 0 Å². The molecule has 0 aliphatic carbocycles. The minimum atomic E-state index is -0.154. The number of fused-ring (bicyclic) bond motifs is 1. The number of hydrogen-bond acceptors (Lipinski definition) is 3. The van der Waals surface area contributed by atoms with Crippen LogP contribution in [0.3, 0.4) is 0 Å². The molecule has 1 amide bonds. The normalized spacial score (nSPS) is 10.9. The van der Waals surface area contributed by atoms with Gasteiger partial charge in [-0.15, -0.1) is 0 Å². The number of benzene rings is 2. The van der Waals surface area contributed by atoms with Crippen molar-refractivity contribution in [3.63, 3.8) is 0 Å². The highest BCUT2D eigenvalue weighted by Crippen LogP contribution is 2.23. The molecule has 0 atom stereocenters. The number of aryl methyl sites for hydroxylation is 1. The number of amides is 1. The number of aromatic amines is 1. The molecule has 1 N–H and O–H groups in total. The fourth-order valence-corrected chi connectivity index (χ4v) is 3.17. The van der Waals surface area contributed by atoms with Gasteiger partial charge in [0.1, 0.15) is 5.82 Å². The molecule has 0 aliphatic rings. The van der Waals surface area contributed by atoms with Gasteiger partial charge in [-0.25, -0.2) is 4.98 Å². The second-order valence-electron chi connectivity index (χ2n) is 6.38. The van der Waals surface area contributed by atoms with Crippen LogP contribution in [-0.2, 0) is 17.8 Å². The topological polar surface area (TPSA) is 66.1 Å². The molecule has 27 heavy (non-hydrogen) atoms. The lowest BCUT2D eigenvalue weighted by Gasteiger charge is -2.17. The van der Waals surface area contributed by atoms with Crippen LogP contribution in [0.2, 0.25) is 10.0 Å². The molecule has 0 fully saturated rings. The number of para-hydroxylation sites is 1. The molecule has 1 heterocycles. The van der Waals surface area contributed by atoms with E-state index in [0.29, 0.717) is 52.6 Å². The summed E-state index contributed by atoms with van der Waals surface area (Å²) >= 11 is 11.9. The van der Waals surface area contributed by atoms with Gasteiger partial charge < -0.3 is 9.88 Å². The first-order valence-electron chi connectivity index (χ1n) is 8.60. The molecule has 5 nitrogen and oxygen atoms in total. The maximum Gasteiger partial charge on any atom is 0.258 e. The Morgan fingerprint density at radius 2 is 1.93 bits per heavy atom. The standard InChI is InChI=1S/C20H19Cl2N3O2/c1-25(12-13-9-10-15(21)16(22)11-13)19(26)8-4-7-18-23-17-6-3-2-5-14(17)20(27)24-18/h2-3,5-6,9-11H,4,7-8,12H2,1H3,(H,23,24,27). The number of halogens is 2. The first-order valence-corrected chi connectivity index (χ1v) is 9.35. The van der Waals surface area contributed by atoms with Crippen LogP contribution in [0.1, 0.15) is 24.2 Å². The molecule has 0 saturated carbocycles. The van der Waals surface area contributed by atoms with Crippen LogP contribution in [0, 0.1) is 0 Å². The minimum absolute atomic E-state index is 0.0178. The molecule has 2 aromatic carbocycles. The van der Waals surface area contributed by atoms with E-state index in [-0.39, 0.29) is 11.5 Å². The number of carbonyl (C=O) groups excluding carboxylic acids is 1. The highest BCUT2D eigenvalue weighted by Gasteiger charge is 2.11. The molecule has 3 rings (SSSR count). The third-order valence-corrected chi connectivity index (χ3v) is 5.03. The summed E-state index contributed by atoms with van der Waals surface area (Å²) in [4.78, 5) is 33.3. The summed E-state index contributed by atoms with van der Waals surface area (Å²) < 4.78 is 0. The predicted molar refractivity (Wildman–Crippen MR) is 108 cm³/mol. The molecule has 1 aromatic heterocycles.